The zero-order valence-electron chi connectivity index (χ0n) is 7.18. The second-order valence-corrected chi connectivity index (χ2v) is 3.21. The number of fused-ring (bicyclic) bond motifs is 1. The van der Waals surface area contributed by atoms with Gasteiger partial charge in [0.05, 0.1) is 5.69 Å². The van der Waals surface area contributed by atoms with Crippen molar-refractivity contribution in [2.45, 2.75) is 19.4 Å². The van der Waals surface area contributed by atoms with Gasteiger partial charge in [-0.1, -0.05) is 0 Å². The van der Waals surface area contributed by atoms with E-state index in [2.05, 4.69) is 10.4 Å². The first-order valence-electron chi connectivity index (χ1n) is 4.26. The molecular formula is C8H13N3O. The molecule has 0 saturated heterocycles. The monoisotopic (exact) mass is 167 g/mol. The molecule has 2 rings (SSSR count). The largest absolute Gasteiger partial charge is 0.311 e. The van der Waals surface area contributed by atoms with Crippen molar-refractivity contribution in [3.63, 3.8) is 0 Å². The molecule has 2 N–H and O–H groups in total. The van der Waals surface area contributed by atoms with Crippen LogP contribution >= 0.6 is 0 Å². The molecule has 0 atom stereocenters. The Kier molecular flexibility index (Phi) is 1.77. The van der Waals surface area contributed by atoms with Crippen LogP contribution in [0.2, 0.25) is 0 Å². The lowest BCUT2D eigenvalue weighted by Crippen LogP contribution is -2.16. The zero-order chi connectivity index (χ0) is 8.55. The molecular weight excluding hydrogens is 154 g/mol. The molecule has 0 amide bonds. The number of H-pyrrole nitrogens is 1. The van der Waals surface area contributed by atoms with Crippen molar-refractivity contribution >= 4 is 0 Å². The van der Waals surface area contributed by atoms with Gasteiger partial charge in [-0.3, -0.25) is 14.6 Å². The maximum atomic E-state index is 11.5. The summed E-state index contributed by atoms with van der Waals surface area (Å²) in [6.07, 6.45) is 1.96. The highest BCUT2D eigenvalue weighted by molar-refractivity contribution is 5.18. The summed E-state index contributed by atoms with van der Waals surface area (Å²) in [6.45, 7) is 1.80. The first-order chi connectivity index (χ1) is 5.79. The zero-order valence-corrected chi connectivity index (χ0v) is 7.18. The third-order valence-electron chi connectivity index (χ3n) is 2.31. The quantitative estimate of drug-likeness (QED) is 0.559. The minimum absolute atomic E-state index is 0.133. The van der Waals surface area contributed by atoms with E-state index in [1.807, 2.05) is 0 Å². The van der Waals surface area contributed by atoms with Gasteiger partial charge in [-0.05, 0) is 19.4 Å². The number of aromatic nitrogens is 2. The smallest absolute Gasteiger partial charge is 0.269 e. The van der Waals surface area contributed by atoms with E-state index in [0.29, 0.717) is 0 Å². The number of aryl methyl sites for hydroxylation is 1. The number of rotatable bonds is 0. The highest BCUT2D eigenvalue weighted by atomic mass is 16.1. The maximum absolute atomic E-state index is 11.5. The van der Waals surface area contributed by atoms with Crippen LogP contribution in [0, 0.1) is 0 Å². The summed E-state index contributed by atoms with van der Waals surface area (Å²) in [5, 5.41) is 6.31. The van der Waals surface area contributed by atoms with Gasteiger partial charge in [0.25, 0.3) is 5.56 Å². The molecule has 1 aliphatic rings. The first-order valence-corrected chi connectivity index (χ1v) is 4.26. The molecule has 0 unspecified atom stereocenters. The molecule has 0 radical (unpaired) electrons. The predicted molar refractivity (Wildman–Crippen MR) is 46.1 cm³/mol. The third kappa shape index (κ3) is 1.08. The van der Waals surface area contributed by atoms with Crippen LogP contribution in [0.4, 0.5) is 0 Å². The van der Waals surface area contributed by atoms with E-state index >= 15 is 0 Å². The Morgan fingerprint density at radius 3 is 3.17 bits per heavy atom. The fraction of sp³-hybridized carbons (Fsp3) is 0.625. The molecule has 1 aliphatic heterocycles. The Morgan fingerprint density at radius 2 is 2.33 bits per heavy atom. The molecule has 4 nitrogen and oxygen atoms in total. The Bertz CT molecular complexity index is 337. The van der Waals surface area contributed by atoms with Gasteiger partial charge >= 0.3 is 0 Å². The summed E-state index contributed by atoms with van der Waals surface area (Å²) in [5.74, 6) is 0. The molecule has 66 valence electrons. The van der Waals surface area contributed by atoms with Gasteiger partial charge in [-0.25, -0.2) is 0 Å². The lowest BCUT2D eigenvalue weighted by molar-refractivity contribution is 0.642. The molecule has 0 aliphatic carbocycles. The minimum atomic E-state index is 0.133. The van der Waals surface area contributed by atoms with E-state index in [1.165, 1.54) is 0 Å². The summed E-state index contributed by atoms with van der Waals surface area (Å²) in [4.78, 5) is 11.5. The Balaban J connectivity index is 2.49. The molecule has 0 saturated carbocycles. The number of aromatic amines is 1. The van der Waals surface area contributed by atoms with Crippen LogP contribution in [0.3, 0.4) is 0 Å². The van der Waals surface area contributed by atoms with Gasteiger partial charge in [0.1, 0.15) is 0 Å². The Hall–Kier alpha value is -1.03. The lowest BCUT2D eigenvalue weighted by Gasteiger charge is -1.96. The summed E-state index contributed by atoms with van der Waals surface area (Å²) >= 11 is 0. The Morgan fingerprint density at radius 1 is 1.50 bits per heavy atom. The van der Waals surface area contributed by atoms with E-state index in [0.717, 1.165) is 37.2 Å². The van der Waals surface area contributed by atoms with Gasteiger partial charge in [-0.2, -0.15) is 0 Å². The van der Waals surface area contributed by atoms with E-state index in [-0.39, 0.29) is 5.56 Å². The van der Waals surface area contributed by atoms with Crippen LogP contribution in [0.1, 0.15) is 17.7 Å². The molecule has 1 aromatic heterocycles. The topological polar surface area (TPSA) is 49.8 Å². The van der Waals surface area contributed by atoms with Crippen molar-refractivity contribution in [3.8, 4) is 0 Å². The van der Waals surface area contributed by atoms with Crippen molar-refractivity contribution in [2.75, 3.05) is 6.54 Å². The molecule has 2 heterocycles. The number of nitrogens with one attached hydrogen (secondary N) is 2. The van der Waals surface area contributed by atoms with Crippen LogP contribution in [-0.4, -0.2) is 16.3 Å². The summed E-state index contributed by atoms with van der Waals surface area (Å²) in [5.41, 5.74) is 2.15. The molecule has 0 fully saturated rings. The third-order valence-corrected chi connectivity index (χ3v) is 2.31. The van der Waals surface area contributed by atoms with Crippen molar-refractivity contribution < 1.29 is 0 Å². The van der Waals surface area contributed by atoms with Crippen molar-refractivity contribution in [1.29, 1.82) is 0 Å². The molecule has 4 heteroatoms. The number of nitrogens with zero attached hydrogens (tertiary/aromatic N) is 1. The SMILES string of the molecule is Cn1[nH]c2c(c1=O)CCCNC2. The average Bonchev–Trinajstić information content (AvgIpc) is 2.30. The van der Waals surface area contributed by atoms with Gasteiger partial charge in [0.15, 0.2) is 0 Å². The molecule has 0 aromatic carbocycles. The highest BCUT2D eigenvalue weighted by Gasteiger charge is 2.13. The van der Waals surface area contributed by atoms with E-state index in [4.69, 9.17) is 0 Å². The van der Waals surface area contributed by atoms with Crippen LogP contribution < -0.4 is 10.9 Å². The summed E-state index contributed by atoms with van der Waals surface area (Å²) in [7, 11) is 1.76. The van der Waals surface area contributed by atoms with Crippen molar-refractivity contribution in [3.05, 3.63) is 21.6 Å². The van der Waals surface area contributed by atoms with Crippen LogP contribution in [0.25, 0.3) is 0 Å². The lowest BCUT2D eigenvalue weighted by atomic mass is 10.1. The molecule has 0 spiro atoms. The molecule has 1 aromatic rings. The second-order valence-electron chi connectivity index (χ2n) is 3.21. The number of hydrogen-bond acceptors (Lipinski definition) is 2. The highest BCUT2D eigenvalue weighted by Crippen LogP contribution is 2.06. The molecule has 0 bridgehead atoms. The molecule has 12 heavy (non-hydrogen) atoms. The van der Waals surface area contributed by atoms with Gasteiger partial charge in [0.2, 0.25) is 0 Å². The maximum Gasteiger partial charge on any atom is 0.269 e. The normalized spacial score (nSPS) is 17.1. The minimum Gasteiger partial charge on any atom is -0.311 e. The standard InChI is InChI=1S/C8H13N3O/c1-11-8(12)6-3-2-4-9-5-7(6)10-11/h9-10H,2-5H2,1H3. The summed E-state index contributed by atoms with van der Waals surface area (Å²) < 4.78 is 1.55. The predicted octanol–water partition coefficient (Wildman–Crippen LogP) is -0.251. The van der Waals surface area contributed by atoms with E-state index < -0.39 is 0 Å². The second kappa shape index (κ2) is 2.79. The fourth-order valence-electron chi connectivity index (χ4n) is 1.66. The summed E-state index contributed by atoms with van der Waals surface area (Å²) in [6, 6.07) is 0. The van der Waals surface area contributed by atoms with Gasteiger partial charge in [-0.15, -0.1) is 0 Å². The van der Waals surface area contributed by atoms with E-state index in [1.54, 1.807) is 11.7 Å². The fourth-order valence-corrected chi connectivity index (χ4v) is 1.66. The Labute approximate surface area is 70.6 Å². The van der Waals surface area contributed by atoms with Crippen LogP contribution in [0.15, 0.2) is 4.79 Å². The average molecular weight is 167 g/mol. The van der Waals surface area contributed by atoms with Crippen molar-refractivity contribution in [2.24, 2.45) is 7.05 Å². The van der Waals surface area contributed by atoms with Crippen LogP contribution in [0.5, 0.6) is 0 Å². The van der Waals surface area contributed by atoms with Gasteiger partial charge < -0.3 is 5.32 Å². The number of hydrogen-bond donors (Lipinski definition) is 2. The van der Waals surface area contributed by atoms with Gasteiger partial charge in [0, 0.05) is 19.2 Å². The van der Waals surface area contributed by atoms with E-state index in [9.17, 15) is 4.79 Å². The van der Waals surface area contributed by atoms with Crippen molar-refractivity contribution in [1.82, 2.24) is 15.1 Å². The first kappa shape index (κ1) is 7.61. The van der Waals surface area contributed by atoms with Crippen LogP contribution in [-0.2, 0) is 20.0 Å².